The van der Waals surface area contributed by atoms with E-state index in [-0.39, 0.29) is 0 Å². The first-order valence-electron chi connectivity index (χ1n) is 7.68. The lowest BCUT2D eigenvalue weighted by Crippen LogP contribution is -2.34. The van der Waals surface area contributed by atoms with Crippen LogP contribution in [0, 0.1) is 6.92 Å². The second-order valence-corrected chi connectivity index (χ2v) is 6.00. The fourth-order valence-electron chi connectivity index (χ4n) is 3.31. The number of aromatic carboxylic acids is 1. The molecule has 116 valence electrons. The number of aromatic amines is 1. The molecule has 1 aliphatic heterocycles. The fourth-order valence-corrected chi connectivity index (χ4v) is 3.31. The van der Waals surface area contributed by atoms with Crippen LogP contribution in [0.5, 0.6) is 0 Å². The number of carboxylic acid groups (broad SMARTS) is 1. The van der Waals surface area contributed by atoms with Gasteiger partial charge in [-0.2, -0.15) is 5.10 Å². The van der Waals surface area contributed by atoms with E-state index in [0.717, 1.165) is 31.5 Å². The number of aromatic nitrogens is 2. The van der Waals surface area contributed by atoms with Crippen molar-refractivity contribution in [1.29, 1.82) is 0 Å². The maximum absolute atomic E-state index is 11.3. The van der Waals surface area contributed by atoms with Gasteiger partial charge < -0.3 is 5.11 Å². The molecule has 1 fully saturated rings. The second kappa shape index (κ2) is 6.32. The van der Waals surface area contributed by atoms with Crippen LogP contribution in [-0.2, 0) is 6.54 Å². The lowest BCUT2D eigenvalue weighted by molar-refractivity contribution is 0.0694. The zero-order chi connectivity index (χ0) is 15.5. The maximum Gasteiger partial charge on any atom is 0.336 e. The topological polar surface area (TPSA) is 69.2 Å². The molecule has 0 amide bonds. The molecule has 0 unspecified atom stereocenters. The van der Waals surface area contributed by atoms with Gasteiger partial charge in [-0.15, -0.1) is 0 Å². The largest absolute Gasteiger partial charge is 0.478 e. The average Bonchev–Trinajstić information content (AvgIpc) is 2.94. The van der Waals surface area contributed by atoms with Crippen molar-refractivity contribution in [2.75, 3.05) is 13.1 Å². The molecule has 0 aliphatic carbocycles. The number of likely N-dealkylation sites (tertiary alicyclic amines) is 1. The van der Waals surface area contributed by atoms with Gasteiger partial charge in [-0.3, -0.25) is 10.00 Å². The molecule has 1 aromatic carbocycles. The van der Waals surface area contributed by atoms with Gasteiger partial charge in [0.25, 0.3) is 0 Å². The quantitative estimate of drug-likeness (QED) is 0.911. The molecule has 3 rings (SSSR count). The standard InChI is InChI=1S/C17H21N3O2/c1-12-9-18-19-16(12)14-6-4-8-20(11-14)10-13-5-2-3-7-15(13)17(21)22/h2-3,5,7,9,14H,4,6,8,10-11H2,1H3,(H,18,19)(H,21,22)/t14-/m1/s1. The zero-order valence-corrected chi connectivity index (χ0v) is 12.7. The van der Waals surface area contributed by atoms with E-state index in [1.54, 1.807) is 12.1 Å². The molecule has 2 N–H and O–H groups in total. The smallest absolute Gasteiger partial charge is 0.336 e. The number of hydrogen-bond acceptors (Lipinski definition) is 3. The minimum Gasteiger partial charge on any atom is -0.478 e. The van der Waals surface area contributed by atoms with Crippen molar-refractivity contribution in [3.63, 3.8) is 0 Å². The Bertz CT molecular complexity index is 665. The maximum atomic E-state index is 11.3. The first-order chi connectivity index (χ1) is 10.6. The molecule has 1 aliphatic rings. The van der Waals surface area contributed by atoms with E-state index in [9.17, 15) is 9.90 Å². The number of benzene rings is 1. The van der Waals surface area contributed by atoms with Crippen molar-refractivity contribution in [2.24, 2.45) is 0 Å². The van der Waals surface area contributed by atoms with Crippen molar-refractivity contribution >= 4 is 5.97 Å². The lowest BCUT2D eigenvalue weighted by atomic mass is 9.92. The van der Waals surface area contributed by atoms with E-state index in [1.165, 1.54) is 11.3 Å². The summed E-state index contributed by atoms with van der Waals surface area (Å²) in [6, 6.07) is 7.27. The Morgan fingerprint density at radius 3 is 3.00 bits per heavy atom. The predicted molar refractivity (Wildman–Crippen MR) is 84.0 cm³/mol. The summed E-state index contributed by atoms with van der Waals surface area (Å²) >= 11 is 0. The van der Waals surface area contributed by atoms with Crippen molar-refractivity contribution in [3.05, 3.63) is 52.8 Å². The van der Waals surface area contributed by atoms with E-state index < -0.39 is 5.97 Å². The van der Waals surface area contributed by atoms with Gasteiger partial charge in [0.05, 0.1) is 11.8 Å². The summed E-state index contributed by atoms with van der Waals surface area (Å²) in [5.74, 6) is -0.401. The van der Waals surface area contributed by atoms with Gasteiger partial charge in [0.15, 0.2) is 0 Å². The summed E-state index contributed by atoms with van der Waals surface area (Å²) in [4.78, 5) is 13.7. The summed E-state index contributed by atoms with van der Waals surface area (Å²) in [6.07, 6.45) is 4.15. The van der Waals surface area contributed by atoms with Gasteiger partial charge in [-0.25, -0.2) is 4.79 Å². The minimum absolute atomic E-state index is 0.405. The number of carboxylic acids is 1. The van der Waals surface area contributed by atoms with Gasteiger partial charge in [-0.1, -0.05) is 18.2 Å². The molecule has 2 aromatic rings. The minimum atomic E-state index is -0.853. The predicted octanol–water partition coefficient (Wildman–Crippen LogP) is 2.80. The highest BCUT2D eigenvalue weighted by Crippen LogP contribution is 2.28. The van der Waals surface area contributed by atoms with Crippen LogP contribution < -0.4 is 0 Å². The Hall–Kier alpha value is -2.14. The number of H-pyrrole nitrogens is 1. The van der Waals surface area contributed by atoms with Gasteiger partial charge >= 0.3 is 5.97 Å². The van der Waals surface area contributed by atoms with E-state index >= 15 is 0 Å². The summed E-state index contributed by atoms with van der Waals surface area (Å²) in [7, 11) is 0. The van der Waals surface area contributed by atoms with Crippen LogP contribution in [0.4, 0.5) is 0 Å². The Labute approximate surface area is 130 Å². The van der Waals surface area contributed by atoms with E-state index in [4.69, 9.17) is 0 Å². The van der Waals surface area contributed by atoms with Crippen LogP contribution >= 0.6 is 0 Å². The highest BCUT2D eigenvalue weighted by Gasteiger charge is 2.24. The first kappa shape index (κ1) is 14.8. The Kier molecular flexibility index (Phi) is 4.24. The Balaban J connectivity index is 1.74. The Morgan fingerprint density at radius 2 is 2.27 bits per heavy atom. The number of nitrogens with one attached hydrogen (secondary N) is 1. The molecule has 0 bridgehead atoms. The zero-order valence-electron chi connectivity index (χ0n) is 12.7. The normalized spacial score (nSPS) is 19.2. The summed E-state index contributed by atoms with van der Waals surface area (Å²) in [5.41, 5.74) is 3.72. The summed E-state index contributed by atoms with van der Waals surface area (Å²) in [6.45, 7) is 4.72. The van der Waals surface area contributed by atoms with Crippen LogP contribution in [0.1, 0.15) is 45.9 Å². The van der Waals surface area contributed by atoms with Gasteiger partial charge in [0, 0.05) is 24.7 Å². The lowest BCUT2D eigenvalue weighted by Gasteiger charge is -2.32. The number of rotatable bonds is 4. The molecule has 2 heterocycles. The van der Waals surface area contributed by atoms with Crippen LogP contribution in [0.3, 0.4) is 0 Å². The fraction of sp³-hybridized carbons (Fsp3) is 0.412. The van der Waals surface area contributed by atoms with Crippen molar-refractivity contribution in [3.8, 4) is 0 Å². The molecule has 22 heavy (non-hydrogen) atoms. The molecule has 0 radical (unpaired) electrons. The molecular formula is C17H21N3O2. The van der Waals surface area contributed by atoms with Gasteiger partial charge in [-0.05, 0) is 43.5 Å². The van der Waals surface area contributed by atoms with Gasteiger partial charge in [0.2, 0.25) is 0 Å². The van der Waals surface area contributed by atoms with Crippen molar-refractivity contribution in [2.45, 2.75) is 32.2 Å². The number of piperidine rings is 1. The van der Waals surface area contributed by atoms with Crippen LogP contribution in [-0.4, -0.2) is 39.3 Å². The molecule has 1 saturated heterocycles. The Morgan fingerprint density at radius 1 is 1.45 bits per heavy atom. The molecule has 1 aromatic heterocycles. The number of carbonyl (C=O) groups is 1. The molecule has 0 saturated carbocycles. The molecule has 5 heteroatoms. The summed E-state index contributed by atoms with van der Waals surface area (Å²) < 4.78 is 0. The third-order valence-electron chi connectivity index (χ3n) is 4.42. The molecule has 0 spiro atoms. The number of aryl methyl sites for hydroxylation is 1. The van der Waals surface area contributed by atoms with Crippen molar-refractivity contribution < 1.29 is 9.90 Å². The van der Waals surface area contributed by atoms with E-state index in [0.29, 0.717) is 18.0 Å². The molecule has 1 atom stereocenters. The highest BCUT2D eigenvalue weighted by atomic mass is 16.4. The number of nitrogens with zero attached hydrogens (tertiary/aromatic N) is 2. The second-order valence-electron chi connectivity index (χ2n) is 6.00. The monoisotopic (exact) mass is 299 g/mol. The van der Waals surface area contributed by atoms with E-state index in [2.05, 4.69) is 22.0 Å². The SMILES string of the molecule is Cc1cn[nH]c1[C@@H]1CCCN(Cc2ccccc2C(=O)O)C1. The first-order valence-corrected chi connectivity index (χ1v) is 7.68. The number of hydrogen-bond donors (Lipinski definition) is 2. The highest BCUT2D eigenvalue weighted by molar-refractivity contribution is 5.89. The van der Waals surface area contributed by atoms with Crippen molar-refractivity contribution in [1.82, 2.24) is 15.1 Å². The molecule has 5 nitrogen and oxygen atoms in total. The third-order valence-corrected chi connectivity index (χ3v) is 4.42. The summed E-state index contributed by atoms with van der Waals surface area (Å²) in [5, 5.41) is 16.5. The van der Waals surface area contributed by atoms with Crippen LogP contribution in [0.15, 0.2) is 30.5 Å². The molecular weight excluding hydrogens is 278 g/mol. The third kappa shape index (κ3) is 3.04. The van der Waals surface area contributed by atoms with Crippen LogP contribution in [0.25, 0.3) is 0 Å². The average molecular weight is 299 g/mol. The van der Waals surface area contributed by atoms with Crippen LogP contribution in [0.2, 0.25) is 0 Å². The van der Waals surface area contributed by atoms with E-state index in [1.807, 2.05) is 18.3 Å². The van der Waals surface area contributed by atoms with Gasteiger partial charge in [0.1, 0.15) is 0 Å².